The molecule has 0 saturated carbocycles. The molecule has 0 spiro atoms. The van der Waals surface area contributed by atoms with Gasteiger partial charge in [-0.1, -0.05) is 0 Å². The molecule has 0 aromatic carbocycles. The summed E-state index contributed by atoms with van der Waals surface area (Å²) in [6.07, 6.45) is -0.781. The van der Waals surface area contributed by atoms with Crippen molar-refractivity contribution in [2.75, 3.05) is 0 Å². The summed E-state index contributed by atoms with van der Waals surface area (Å²) in [5, 5.41) is 32.2. The van der Waals surface area contributed by atoms with E-state index in [0.717, 1.165) is 6.08 Å². The zero-order valence-electron chi connectivity index (χ0n) is 4.15. The minimum absolute atomic E-state index is 0.164. The van der Waals surface area contributed by atoms with E-state index >= 15 is 0 Å². The highest BCUT2D eigenvalue weighted by Gasteiger charge is 1.92. The third-order valence-electron chi connectivity index (χ3n) is 0.511. The minimum atomic E-state index is -1.51. The van der Waals surface area contributed by atoms with Crippen LogP contribution in [0.3, 0.4) is 0 Å². The van der Waals surface area contributed by atoms with Crippen LogP contribution in [0.5, 0.6) is 0 Å². The second-order valence-electron chi connectivity index (χ2n) is 1.28. The fraction of sp³-hybridized carbons (Fsp3) is 0.500. The SMILES string of the molecule is OC(O)=CCC(O)O. The standard InChI is InChI=1S/C4H8O4/c5-3(6)1-2-4(7)8/h1,4-8H,2H2. The van der Waals surface area contributed by atoms with Crippen molar-refractivity contribution in [3.05, 3.63) is 12.0 Å². The van der Waals surface area contributed by atoms with Crippen LogP contribution >= 0.6 is 0 Å². The number of aliphatic hydroxyl groups is 4. The second kappa shape index (κ2) is 3.29. The molecule has 0 fully saturated rings. The first-order valence-electron chi connectivity index (χ1n) is 2.07. The summed E-state index contributed by atoms with van der Waals surface area (Å²) in [4.78, 5) is 0. The summed E-state index contributed by atoms with van der Waals surface area (Å²) in [5.41, 5.74) is 0. The van der Waals surface area contributed by atoms with Crippen LogP contribution in [0.1, 0.15) is 6.42 Å². The van der Waals surface area contributed by atoms with Crippen LogP contribution in [0.25, 0.3) is 0 Å². The summed E-state index contributed by atoms with van der Waals surface area (Å²) in [7, 11) is 0. The van der Waals surface area contributed by atoms with Crippen molar-refractivity contribution in [1.82, 2.24) is 0 Å². The van der Waals surface area contributed by atoms with Gasteiger partial charge in [-0.05, 0) is 0 Å². The van der Waals surface area contributed by atoms with Gasteiger partial charge < -0.3 is 20.4 Å². The fourth-order valence-electron chi connectivity index (χ4n) is 0.211. The maximum Gasteiger partial charge on any atom is 0.270 e. The Morgan fingerprint density at radius 2 is 1.88 bits per heavy atom. The van der Waals surface area contributed by atoms with Crippen molar-refractivity contribution < 1.29 is 20.4 Å². The number of hydrogen-bond acceptors (Lipinski definition) is 4. The fourth-order valence-corrected chi connectivity index (χ4v) is 0.211. The van der Waals surface area contributed by atoms with Gasteiger partial charge in [0.1, 0.15) is 0 Å². The van der Waals surface area contributed by atoms with Crippen LogP contribution in [0, 0.1) is 0 Å². The summed E-state index contributed by atoms with van der Waals surface area (Å²) < 4.78 is 0. The Balaban J connectivity index is 3.29. The van der Waals surface area contributed by atoms with Gasteiger partial charge in [-0.25, -0.2) is 0 Å². The highest BCUT2D eigenvalue weighted by Crippen LogP contribution is 1.89. The molecule has 0 heterocycles. The molecule has 4 nitrogen and oxygen atoms in total. The molecule has 48 valence electrons. The molecule has 0 saturated heterocycles. The Hall–Kier alpha value is -0.740. The van der Waals surface area contributed by atoms with E-state index in [4.69, 9.17) is 20.4 Å². The van der Waals surface area contributed by atoms with E-state index < -0.39 is 12.2 Å². The Morgan fingerprint density at radius 1 is 1.38 bits per heavy atom. The highest BCUT2D eigenvalue weighted by molar-refractivity contribution is 4.78. The van der Waals surface area contributed by atoms with E-state index in [0.29, 0.717) is 0 Å². The molecule has 0 atom stereocenters. The predicted octanol–water partition coefficient (Wildman–Crippen LogP) is -0.355. The average molecular weight is 120 g/mol. The van der Waals surface area contributed by atoms with Crippen molar-refractivity contribution in [3.63, 3.8) is 0 Å². The van der Waals surface area contributed by atoms with Crippen molar-refractivity contribution in [3.8, 4) is 0 Å². The monoisotopic (exact) mass is 120 g/mol. The second-order valence-corrected chi connectivity index (χ2v) is 1.28. The molecule has 0 rings (SSSR count). The Bertz CT molecular complexity index is 82.0. The summed E-state index contributed by atoms with van der Waals surface area (Å²) in [5.74, 6) is -0.891. The lowest BCUT2D eigenvalue weighted by molar-refractivity contribution is -0.0374. The average Bonchev–Trinajstić information content (AvgIpc) is 1.61. The normalized spacial score (nSPS) is 9.38. The molecule has 0 amide bonds. The largest absolute Gasteiger partial charge is 0.481 e. The maximum atomic E-state index is 8.09. The molecular formula is C4H8O4. The zero-order valence-corrected chi connectivity index (χ0v) is 4.15. The lowest BCUT2D eigenvalue weighted by Gasteiger charge is -1.94. The third kappa shape index (κ3) is 5.26. The first kappa shape index (κ1) is 7.26. The molecule has 0 bridgehead atoms. The van der Waals surface area contributed by atoms with Gasteiger partial charge >= 0.3 is 0 Å². The van der Waals surface area contributed by atoms with E-state index in [-0.39, 0.29) is 6.42 Å². The lowest BCUT2D eigenvalue weighted by atomic mass is 10.4. The maximum absolute atomic E-state index is 8.09. The molecule has 4 N–H and O–H groups in total. The summed E-state index contributed by atoms with van der Waals surface area (Å²) >= 11 is 0. The van der Waals surface area contributed by atoms with E-state index in [9.17, 15) is 0 Å². The Morgan fingerprint density at radius 3 is 2.00 bits per heavy atom. The molecular weight excluding hydrogens is 112 g/mol. The molecule has 0 unspecified atom stereocenters. The van der Waals surface area contributed by atoms with Gasteiger partial charge in [0.15, 0.2) is 6.29 Å². The number of rotatable bonds is 2. The van der Waals surface area contributed by atoms with Crippen LogP contribution in [-0.2, 0) is 0 Å². The first-order chi connectivity index (χ1) is 3.63. The minimum Gasteiger partial charge on any atom is -0.481 e. The topological polar surface area (TPSA) is 80.9 Å². The molecule has 0 aliphatic carbocycles. The van der Waals surface area contributed by atoms with Gasteiger partial charge in [-0.3, -0.25) is 0 Å². The molecule has 0 aliphatic heterocycles. The zero-order chi connectivity index (χ0) is 6.57. The van der Waals surface area contributed by atoms with Gasteiger partial charge in [-0.2, -0.15) is 0 Å². The van der Waals surface area contributed by atoms with E-state index in [1.807, 2.05) is 0 Å². The van der Waals surface area contributed by atoms with Crippen molar-refractivity contribution in [2.24, 2.45) is 0 Å². The van der Waals surface area contributed by atoms with Gasteiger partial charge in [0, 0.05) is 12.5 Å². The third-order valence-corrected chi connectivity index (χ3v) is 0.511. The van der Waals surface area contributed by atoms with E-state index in [2.05, 4.69) is 0 Å². The van der Waals surface area contributed by atoms with Crippen LogP contribution in [0.2, 0.25) is 0 Å². The van der Waals surface area contributed by atoms with E-state index in [1.165, 1.54) is 0 Å². The van der Waals surface area contributed by atoms with Crippen LogP contribution in [0.4, 0.5) is 0 Å². The summed E-state index contributed by atoms with van der Waals surface area (Å²) in [6, 6.07) is 0. The molecule has 4 heteroatoms. The van der Waals surface area contributed by atoms with E-state index in [1.54, 1.807) is 0 Å². The number of aliphatic hydroxyl groups excluding tert-OH is 2. The highest BCUT2D eigenvalue weighted by atomic mass is 16.5. The lowest BCUT2D eigenvalue weighted by Crippen LogP contribution is -2.01. The van der Waals surface area contributed by atoms with Gasteiger partial charge in [0.05, 0.1) is 0 Å². The van der Waals surface area contributed by atoms with Gasteiger partial charge in [-0.15, -0.1) is 0 Å². The predicted molar refractivity (Wildman–Crippen MR) is 26.2 cm³/mol. The van der Waals surface area contributed by atoms with Crippen LogP contribution < -0.4 is 0 Å². The quantitative estimate of drug-likeness (QED) is 0.296. The van der Waals surface area contributed by atoms with Gasteiger partial charge in [0.25, 0.3) is 5.95 Å². The molecule has 0 aliphatic rings. The molecule has 0 aromatic rings. The van der Waals surface area contributed by atoms with Gasteiger partial charge in [0.2, 0.25) is 0 Å². The summed E-state index contributed by atoms with van der Waals surface area (Å²) in [6.45, 7) is 0. The van der Waals surface area contributed by atoms with Crippen molar-refractivity contribution in [2.45, 2.75) is 12.7 Å². The smallest absolute Gasteiger partial charge is 0.270 e. The van der Waals surface area contributed by atoms with Crippen molar-refractivity contribution in [1.29, 1.82) is 0 Å². The number of hydrogen-bond donors (Lipinski definition) is 4. The molecule has 0 aromatic heterocycles. The molecule has 0 radical (unpaired) electrons. The van der Waals surface area contributed by atoms with Crippen LogP contribution in [0.15, 0.2) is 12.0 Å². The Kier molecular flexibility index (Phi) is 2.98. The molecule has 8 heavy (non-hydrogen) atoms. The van der Waals surface area contributed by atoms with Crippen LogP contribution in [-0.4, -0.2) is 26.7 Å². The first-order valence-corrected chi connectivity index (χ1v) is 2.07. The Labute approximate surface area is 46.3 Å². The van der Waals surface area contributed by atoms with Crippen molar-refractivity contribution >= 4 is 0 Å².